The van der Waals surface area contributed by atoms with Crippen LogP contribution in [0, 0.1) is 13.8 Å². The van der Waals surface area contributed by atoms with Crippen LogP contribution < -0.4 is 0 Å². The van der Waals surface area contributed by atoms with Gasteiger partial charge in [-0.2, -0.15) is 0 Å². The molecule has 0 aliphatic carbocycles. The molecule has 12 heavy (non-hydrogen) atoms. The summed E-state index contributed by atoms with van der Waals surface area (Å²) in [6.07, 6.45) is 2.43. The van der Waals surface area contributed by atoms with Crippen LogP contribution in [0.5, 0.6) is 0 Å². The number of thiazole rings is 1. The topological polar surface area (TPSA) is 34.4 Å². The summed E-state index contributed by atoms with van der Waals surface area (Å²) >= 11 is 1.61. The van der Waals surface area contributed by atoms with E-state index in [9.17, 15) is 4.79 Å². The summed E-state index contributed by atoms with van der Waals surface area (Å²) in [5.74, 6) is 0. The molecule has 62 valence electrons. The molecular weight excluding hydrogens is 172 g/mol. The van der Waals surface area contributed by atoms with Gasteiger partial charge in [-0.1, -0.05) is 0 Å². The number of imidazole rings is 1. The van der Waals surface area contributed by atoms with Gasteiger partial charge in [-0.3, -0.25) is 9.20 Å². The van der Waals surface area contributed by atoms with Crippen LogP contribution in [-0.2, 0) is 0 Å². The molecule has 2 heterocycles. The maximum atomic E-state index is 10.6. The van der Waals surface area contributed by atoms with Gasteiger partial charge in [-0.15, -0.1) is 11.3 Å². The van der Waals surface area contributed by atoms with Crippen LogP contribution in [0.1, 0.15) is 21.1 Å². The SMILES string of the molecule is Cc1sc2ncc(C=O)n2c1C. The quantitative estimate of drug-likeness (QED) is 0.627. The zero-order chi connectivity index (χ0) is 8.72. The van der Waals surface area contributed by atoms with Crippen molar-refractivity contribution >= 4 is 22.6 Å². The minimum Gasteiger partial charge on any atom is -0.296 e. The minimum atomic E-state index is 0.631. The van der Waals surface area contributed by atoms with Crippen LogP contribution in [0.4, 0.5) is 0 Å². The summed E-state index contributed by atoms with van der Waals surface area (Å²) in [7, 11) is 0. The molecule has 0 spiro atoms. The Morgan fingerprint density at radius 2 is 2.33 bits per heavy atom. The fourth-order valence-corrected chi connectivity index (χ4v) is 2.16. The van der Waals surface area contributed by atoms with Crippen LogP contribution in [0.15, 0.2) is 6.20 Å². The van der Waals surface area contributed by atoms with E-state index in [2.05, 4.69) is 4.98 Å². The average Bonchev–Trinajstić information content (AvgIpc) is 2.55. The number of rotatable bonds is 1. The molecule has 0 bridgehead atoms. The lowest BCUT2D eigenvalue weighted by atomic mass is 10.4. The molecule has 0 saturated carbocycles. The number of aromatic nitrogens is 2. The molecule has 2 aromatic heterocycles. The Balaban J connectivity index is 2.90. The molecule has 0 aliphatic rings. The normalized spacial score (nSPS) is 10.8. The third kappa shape index (κ3) is 0.814. The summed E-state index contributed by atoms with van der Waals surface area (Å²) < 4.78 is 1.88. The molecule has 0 fully saturated rings. The molecule has 0 aliphatic heterocycles. The largest absolute Gasteiger partial charge is 0.296 e. The highest BCUT2D eigenvalue weighted by atomic mass is 32.1. The van der Waals surface area contributed by atoms with E-state index < -0.39 is 0 Å². The van der Waals surface area contributed by atoms with Crippen LogP contribution in [0.3, 0.4) is 0 Å². The zero-order valence-electron chi connectivity index (χ0n) is 6.87. The maximum absolute atomic E-state index is 10.6. The van der Waals surface area contributed by atoms with Crippen molar-refractivity contribution in [3.05, 3.63) is 22.5 Å². The second-order valence-electron chi connectivity index (χ2n) is 2.66. The minimum absolute atomic E-state index is 0.631. The maximum Gasteiger partial charge on any atom is 0.194 e. The van der Waals surface area contributed by atoms with E-state index in [0.29, 0.717) is 5.69 Å². The molecular formula is C8H8N2OS. The molecule has 0 aromatic carbocycles. The zero-order valence-corrected chi connectivity index (χ0v) is 7.68. The smallest absolute Gasteiger partial charge is 0.194 e. The Labute approximate surface area is 73.7 Å². The third-order valence-electron chi connectivity index (χ3n) is 1.97. The first kappa shape index (κ1) is 7.49. The fraction of sp³-hybridized carbons (Fsp3) is 0.250. The van der Waals surface area contributed by atoms with Crippen LogP contribution in [0.25, 0.3) is 4.96 Å². The van der Waals surface area contributed by atoms with Crippen molar-refractivity contribution in [1.82, 2.24) is 9.38 Å². The average molecular weight is 180 g/mol. The summed E-state index contributed by atoms with van der Waals surface area (Å²) in [5.41, 5.74) is 1.74. The van der Waals surface area contributed by atoms with Gasteiger partial charge >= 0.3 is 0 Å². The molecule has 0 unspecified atom stereocenters. The fourth-order valence-electron chi connectivity index (χ4n) is 1.21. The molecule has 0 radical (unpaired) electrons. The van der Waals surface area contributed by atoms with Gasteiger partial charge in [0.05, 0.1) is 6.20 Å². The number of fused-ring (bicyclic) bond motifs is 1. The Morgan fingerprint density at radius 1 is 1.58 bits per heavy atom. The van der Waals surface area contributed by atoms with Crippen LogP contribution in [0.2, 0.25) is 0 Å². The van der Waals surface area contributed by atoms with E-state index in [4.69, 9.17) is 0 Å². The number of carbonyl (C=O) groups is 1. The predicted molar refractivity (Wildman–Crippen MR) is 47.9 cm³/mol. The van der Waals surface area contributed by atoms with Gasteiger partial charge in [-0.25, -0.2) is 4.98 Å². The lowest BCUT2D eigenvalue weighted by Gasteiger charge is -1.91. The molecule has 0 N–H and O–H groups in total. The standard InChI is InChI=1S/C8H8N2OS/c1-5-6(2)12-8-9-3-7(4-11)10(5)8/h3-4H,1-2H3. The second-order valence-corrected chi connectivity index (χ2v) is 3.84. The van der Waals surface area contributed by atoms with E-state index in [0.717, 1.165) is 16.9 Å². The monoisotopic (exact) mass is 180 g/mol. The lowest BCUT2D eigenvalue weighted by molar-refractivity contribution is 0.111. The Kier molecular flexibility index (Phi) is 1.51. The van der Waals surface area contributed by atoms with Crippen molar-refractivity contribution < 1.29 is 4.79 Å². The van der Waals surface area contributed by atoms with Gasteiger partial charge in [0.25, 0.3) is 0 Å². The first-order valence-electron chi connectivity index (χ1n) is 3.62. The van der Waals surface area contributed by atoms with Crippen molar-refractivity contribution in [2.75, 3.05) is 0 Å². The Bertz CT molecular complexity index is 441. The second kappa shape index (κ2) is 2.42. The van der Waals surface area contributed by atoms with Gasteiger partial charge in [0, 0.05) is 10.6 Å². The lowest BCUT2D eigenvalue weighted by Crippen LogP contribution is -1.90. The third-order valence-corrected chi connectivity index (χ3v) is 3.04. The first-order chi connectivity index (χ1) is 5.74. The van der Waals surface area contributed by atoms with Gasteiger partial charge in [0.1, 0.15) is 5.69 Å². The summed E-state index contributed by atoms with van der Waals surface area (Å²) in [6.45, 7) is 4.02. The number of carbonyl (C=O) groups excluding carboxylic acids is 1. The number of hydrogen-bond donors (Lipinski definition) is 0. The highest BCUT2D eigenvalue weighted by Crippen LogP contribution is 2.21. The van der Waals surface area contributed by atoms with Crippen molar-refractivity contribution in [1.29, 1.82) is 0 Å². The van der Waals surface area contributed by atoms with Crippen LogP contribution in [-0.4, -0.2) is 15.7 Å². The highest BCUT2D eigenvalue weighted by Gasteiger charge is 2.08. The first-order valence-corrected chi connectivity index (χ1v) is 4.44. The van der Waals surface area contributed by atoms with E-state index in [1.165, 1.54) is 4.88 Å². The van der Waals surface area contributed by atoms with Gasteiger partial charge in [0.2, 0.25) is 0 Å². The van der Waals surface area contributed by atoms with Gasteiger partial charge in [0.15, 0.2) is 11.2 Å². The summed E-state index contributed by atoms with van der Waals surface area (Å²) in [5, 5.41) is 0. The van der Waals surface area contributed by atoms with Crippen molar-refractivity contribution in [2.45, 2.75) is 13.8 Å². The summed E-state index contributed by atoms with van der Waals surface area (Å²) in [6, 6.07) is 0. The number of aldehydes is 1. The molecule has 0 atom stereocenters. The van der Waals surface area contributed by atoms with E-state index >= 15 is 0 Å². The van der Waals surface area contributed by atoms with Crippen molar-refractivity contribution in [3.63, 3.8) is 0 Å². The van der Waals surface area contributed by atoms with E-state index in [-0.39, 0.29) is 0 Å². The Morgan fingerprint density at radius 3 is 3.00 bits per heavy atom. The molecule has 0 saturated heterocycles. The Hall–Kier alpha value is -1.16. The molecule has 0 amide bonds. The van der Waals surface area contributed by atoms with Crippen molar-refractivity contribution in [2.24, 2.45) is 0 Å². The molecule has 4 heteroatoms. The molecule has 2 rings (SSSR count). The van der Waals surface area contributed by atoms with Gasteiger partial charge < -0.3 is 0 Å². The van der Waals surface area contributed by atoms with Crippen molar-refractivity contribution in [3.8, 4) is 0 Å². The predicted octanol–water partition coefficient (Wildman–Crippen LogP) is 1.83. The summed E-state index contributed by atoms with van der Waals surface area (Å²) in [4.78, 5) is 16.8. The molecule has 2 aromatic rings. The number of aryl methyl sites for hydroxylation is 2. The van der Waals surface area contributed by atoms with E-state index in [1.54, 1.807) is 17.5 Å². The number of nitrogens with zero attached hydrogens (tertiary/aromatic N) is 2. The van der Waals surface area contributed by atoms with Gasteiger partial charge in [-0.05, 0) is 13.8 Å². The highest BCUT2D eigenvalue weighted by molar-refractivity contribution is 7.17. The van der Waals surface area contributed by atoms with Crippen LogP contribution >= 0.6 is 11.3 Å². The molecule has 3 nitrogen and oxygen atoms in total. The van der Waals surface area contributed by atoms with E-state index in [1.807, 2.05) is 18.2 Å². The number of hydrogen-bond acceptors (Lipinski definition) is 3.